The number of rotatable bonds is 5. The number of ether oxygens (including phenoxy) is 1. The Morgan fingerprint density at radius 2 is 1.92 bits per heavy atom. The number of nitrogens with zero attached hydrogens (tertiary/aromatic N) is 1. The molecule has 0 rings (SSSR count). The molecule has 0 amide bonds. The Morgan fingerprint density at radius 1 is 1.33 bits per heavy atom. The van der Waals surface area contributed by atoms with Crippen LogP contribution in [0.1, 0.15) is 20.8 Å². The zero-order valence-corrected chi connectivity index (χ0v) is 8.04. The molecule has 0 bridgehead atoms. The van der Waals surface area contributed by atoms with Gasteiger partial charge in [0.05, 0.1) is 6.61 Å². The zero-order valence-electron chi connectivity index (χ0n) is 8.04. The molecule has 0 saturated heterocycles. The van der Waals surface area contributed by atoms with Crippen LogP contribution in [0.15, 0.2) is 12.3 Å². The van der Waals surface area contributed by atoms with Gasteiger partial charge in [0.2, 0.25) is 0 Å². The Hall–Kier alpha value is -0.990. The van der Waals surface area contributed by atoms with Crippen LogP contribution in [-0.2, 0) is 9.53 Å². The first-order valence-corrected chi connectivity index (χ1v) is 4.33. The lowest BCUT2D eigenvalue weighted by atomic mass is 10.5. The van der Waals surface area contributed by atoms with Gasteiger partial charge in [-0.15, -0.1) is 0 Å². The average molecular weight is 171 g/mol. The van der Waals surface area contributed by atoms with Gasteiger partial charge in [0.15, 0.2) is 0 Å². The molecule has 3 heteroatoms. The van der Waals surface area contributed by atoms with Crippen LogP contribution >= 0.6 is 0 Å². The van der Waals surface area contributed by atoms with Crippen molar-refractivity contribution < 1.29 is 9.53 Å². The van der Waals surface area contributed by atoms with Crippen molar-refractivity contribution in [3.63, 3.8) is 0 Å². The lowest BCUT2D eigenvalue weighted by Crippen LogP contribution is -2.16. The molecule has 0 aliphatic carbocycles. The highest BCUT2D eigenvalue weighted by Gasteiger charge is 1.94. The van der Waals surface area contributed by atoms with E-state index in [0.717, 1.165) is 13.1 Å². The van der Waals surface area contributed by atoms with Gasteiger partial charge >= 0.3 is 5.97 Å². The summed E-state index contributed by atoms with van der Waals surface area (Å²) in [5.41, 5.74) is 0. The molecule has 0 unspecified atom stereocenters. The van der Waals surface area contributed by atoms with Crippen LogP contribution < -0.4 is 0 Å². The van der Waals surface area contributed by atoms with Crippen molar-refractivity contribution in [1.82, 2.24) is 4.90 Å². The first kappa shape index (κ1) is 11.0. The second-order valence-electron chi connectivity index (χ2n) is 2.29. The van der Waals surface area contributed by atoms with Crippen molar-refractivity contribution in [2.45, 2.75) is 20.8 Å². The van der Waals surface area contributed by atoms with Gasteiger partial charge in [-0.1, -0.05) is 0 Å². The second-order valence-corrected chi connectivity index (χ2v) is 2.29. The van der Waals surface area contributed by atoms with Gasteiger partial charge in [-0.25, -0.2) is 4.79 Å². The summed E-state index contributed by atoms with van der Waals surface area (Å²) >= 11 is 0. The molecule has 12 heavy (non-hydrogen) atoms. The number of hydrogen-bond donors (Lipinski definition) is 0. The molecule has 0 atom stereocenters. The summed E-state index contributed by atoms with van der Waals surface area (Å²) in [7, 11) is 0. The molecule has 0 aliphatic rings. The van der Waals surface area contributed by atoms with E-state index in [0.29, 0.717) is 6.61 Å². The fourth-order valence-corrected chi connectivity index (χ4v) is 0.791. The van der Waals surface area contributed by atoms with Crippen molar-refractivity contribution in [2.24, 2.45) is 0 Å². The number of carbonyl (C=O) groups is 1. The van der Waals surface area contributed by atoms with Gasteiger partial charge in [-0.05, 0) is 20.8 Å². The van der Waals surface area contributed by atoms with E-state index < -0.39 is 0 Å². The predicted octanol–water partition coefficient (Wildman–Crippen LogP) is 1.41. The molecule has 0 aliphatic heterocycles. The number of carbonyl (C=O) groups excluding carboxylic acids is 1. The van der Waals surface area contributed by atoms with Gasteiger partial charge in [-0.3, -0.25) is 0 Å². The topological polar surface area (TPSA) is 29.5 Å². The molecular weight excluding hydrogens is 154 g/mol. The Morgan fingerprint density at radius 3 is 2.33 bits per heavy atom. The Labute approximate surface area is 74.0 Å². The number of esters is 1. The van der Waals surface area contributed by atoms with Crippen molar-refractivity contribution in [1.29, 1.82) is 0 Å². The zero-order chi connectivity index (χ0) is 9.40. The fourth-order valence-electron chi connectivity index (χ4n) is 0.791. The van der Waals surface area contributed by atoms with Gasteiger partial charge in [0.25, 0.3) is 0 Å². The quantitative estimate of drug-likeness (QED) is 0.462. The summed E-state index contributed by atoms with van der Waals surface area (Å²) in [5.74, 6) is -0.274. The lowest BCUT2D eigenvalue weighted by molar-refractivity contribution is -0.137. The molecule has 0 spiro atoms. The minimum atomic E-state index is -0.274. The van der Waals surface area contributed by atoms with Crippen LogP contribution in [0.25, 0.3) is 0 Å². The maximum Gasteiger partial charge on any atom is 0.332 e. The van der Waals surface area contributed by atoms with Crippen molar-refractivity contribution >= 4 is 5.97 Å². The first-order chi connectivity index (χ1) is 5.74. The van der Waals surface area contributed by atoms with E-state index in [1.54, 1.807) is 13.1 Å². The SMILES string of the molecule is CCOC(=O)/C=C/N(CC)CC. The van der Waals surface area contributed by atoms with Crippen LogP contribution in [0.4, 0.5) is 0 Å². The van der Waals surface area contributed by atoms with Crippen molar-refractivity contribution in [3.8, 4) is 0 Å². The van der Waals surface area contributed by atoms with Gasteiger partial charge in [-0.2, -0.15) is 0 Å². The largest absolute Gasteiger partial charge is 0.463 e. The van der Waals surface area contributed by atoms with Gasteiger partial charge < -0.3 is 9.64 Å². The summed E-state index contributed by atoms with van der Waals surface area (Å²) in [5, 5.41) is 0. The summed E-state index contributed by atoms with van der Waals surface area (Å²) in [4.78, 5) is 12.9. The third kappa shape index (κ3) is 4.77. The Kier molecular flexibility index (Phi) is 6.15. The van der Waals surface area contributed by atoms with E-state index in [2.05, 4.69) is 0 Å². The predicted molar refractivity (Wildman–Crippen MR) is 48.7 cm³/mol. The molecule has 0 aromatic heterocycles. The summed E-state index contributed by atoms with van der Waals surface area (Å²) in [6, 6.07) is 0. The standard InChI is InChI=1S/C9H17NO2/c1-4-10(5-2)8-7-9(11)12-6-3/h7-8H,4-6H2,1-3H3/b8-7+. The van der Waals surface area contributed by atoms with E-state index in [-0.39, 0.29) is 5.97 Å². The van der Waals surface area contributed by atoms with Crippen molar-refractivity contribution in [2.75, 3.05) is 19.7 Å². The third-order valence-electron chi connectivity index (χ3n) is 1.52. The van der Waals surface area contributed by atoms with E-state index in [4.69, 9.17) is 4.74 Å². The number of hydrogen-bond acceptors (Lipinski definition) is 3. The maximum absolute atomic E-state index is 10.8. The minimum Gasteiger partial charge on any atom is -0.463 e. The highest BCUT2D eigenvalue weighted by molar-refractivity contribution is 5.81. The Bertz CT molecular complexity index is 151. The molecule has 0 N–H and O–H groups in total. The van der Waals surface area contributed by atoms with Gasteiger partial charge in [0, 0.05) is 25.4 Å². The summed E-state index contributed by atoms with van der Waals surface area (Å²) in [6.07, 6.45) is 3.22. The first-order valence-electron chi connectivity index (χ1n) is 4.33. The molecular formula is C9H17NO2. The van der Waals surface area contributed by atoms with E-state index in [1.807, 2.05) is 18.7 Å². The molecule has 0 aromatic carbocycles. The lowest BCUT2D eigenvalue weighted by Gasteiger charge is -2.13. The van der Waals surface area contributed by atoms with Crippen molar-refractivity contribution in [3.05, 3.63) is 12.3 Å². The van der Waals surface area contributed by atoms with Crippen LogP contribution in [0, 0.1) is 0 Å². The van der Waals surface area contributed by atoms with Crippen LogP contribution in [0.5, 0.6) is 0 Å². The highest BCUT2D eigenvalue weighted by Crippen LogP contribution is 1.89. The fraction of sp³-hybridized carbons (Fsp3) is 0.667. The second kappa shape index (κ2) is 6.70. The maximum atomic E-state index is 10.8. The smallest absolute Gasteiger partial charge is 0.332 e. The molecule has 0 saturated carbocycles. The van der Waals surface area contributed by atoms with Crippen LogP contribution in [0.3, 0.4) is 0 Å². The molecule has 0 heterocycles. The average Bonchev–Trinajstić information content (AvgIpc) is 2.07. The highest BCUT2D eigenvalue weighted by atomic mass is 16.5. The molecule has 70 valence electrons. The van der Waals surface area contributed by atoms with E-state index in [9.17, 15) is 4.79 Å². The molecule has 0 radical (unpaired) electrons. The Balaban J connectivity index is 3.78. The van der Waals surface area contributed by atoms with Crippen LogP contribution in [0.2, 0.25) is 0 Å². The monoisotopic (exact) mass is 171 g/mol. The third-order valence-corrected chi connectivity index (χ3v) is 1.52. The molecule has 3 nitrogen and oxygen atoms in total. The minimum absolute atomic E-state index is 0.274. The van der Waals surface area contributed by atoms with E-state index >= 15 is 0 Å². The van der Waals surface area contributed by atoms with Crippen LogP contribution in [-0.4, -0.2) is 30.6 Å². The van der Waals surface area contributed by atoms with Gasteiger partial charge in [0.1, 0.15) is 0 Å². The van der Waals surface area contributed by atoms with E-state index in [1.165, 1.54) is 6.08 Å². The normalized spacial score (nSPS) is 10.2. The summed E-state index contributed by atoms with van der Waals surface area (Å²) in [6.45, 7) is 8.13. The summed E-state index contributed by atoms with van der Waals surface area (Å²) < 4.78 is 4.73. The molecule has 0 aromatic rings. The molecule has 0 fully saturated rings.